The van der Waals surface area contributed by atoms with E-state index in [0.717, 1.165) is 31.0 Å². The molecule has 158 valence electrons. The van der Waals surface area contributed by atoms with Crippen LogP contribution in [0.15, 0.2) is 47.7 Å². The molecule has 8 heteroatoms. The molecule has 1 unspecified atom stereocenters. The minimum atomic E-state index is -0.436. The number of rotatable bonds is 2. The summed E-state index contributed by atoms with van der Waals surface area (Å²) in [6.07, 6.45) is 7.90. The van der Waals surface area contributed by atoms with Gasteiger partial charge in [-0.2, -0.15) is 0 Å². The first-order chi connectivity index (χ1) is 15.0. The Morgan fingerprint density at radius 1 is 1.06 bits per heavy atom. The molecular weight excluding hydrogens is 395 g/mol. The average molecular weight is 418 g/mol. The Morgan fingerprint density at radius 3 is 2.87 bits per heavy atom. The van der Waals surface area contributed by atoms with Crippen LogP contribution in [0.2, 0.25) is 0 Å². The van der Waals surface area contributed by atoms with Gasteiger partial charge >= 0.3 is 0 Å². The van der Waals surface area contributed by atoms with Crippen LogP contribution >= 0.6 is 0 Å². The summed E-state index contributed by atoms with van der Waals surface area (Å²) in [7, 11) is 0. The Balaban J connectivity index is 1.38. The molecule has 0 aliphatic carbocycles. The minimum absolute atomic E-state index is 0.177. The monoisotopic (exact) mass is 418 g/mol. The lowest BCUT2D eigenvalue weighted by atomic mass is 10.1. The van der Waals surface area contributed by atoms with Crippen molar-refractivity contribution < 1.29 is 4.39 Å². The molecule has 2 fully saturated rings. The molecule has 6 rings (SSSR count). The van der Waals surface area contributed by atoms with E-state index in [0.29, 0.717) is 22.9 Å². The third kappa shape index (κ3) is 3.09. The van der Waals surface area contributed by atoms with Gasteiger partial charge < -0.3 is 9.30 Å². The Kier molecular flexibility index (Phi) is 4.11. The summed E-state index contributed by atoms with van der Waals surface area (Å²) < 4.78 is 17.7. The van der Waals surface area contributed by atoms with E-state index in [1.807, 2.05) is 25.3 Å². The van der Waals surface area contributed by atoms with Gasteiger partial charge in [-0.3, -0.25) is 14.1 Å². The van der Waals surface area contributed by atoms with Crippen molar-refractivity contribution in [1.82, 2.24) is 23.7 Å². The molecule has 0 bridgehead atoms. The minimum Gasteiger partial charge on any atom is -0.367 e. The Labute approximate surface area is 178 Å². The van der Waals surface area contributed by atoms with Crippen molar-refractivity contribution in [2.45, 2.75) is 25.8 Å². The zero-order valence-electron chi connectivity index (χ0n) is 17.3. The molecule has 2 aliphatic heterocycles. The number of hydrogen-bond acceptors (Lipinski definition) is 5. The molecule has 0 radical (unpaired) electrons. The van der Waals surface area contributed by atoms with Crippen LogP contribution in [-0.4, -0.2) is 55.9 Å². The van der Waals surface area contributed by atoms with Crippen molar-refractivity contribution in [3.05, 3.63) is 64.7 Å². The maximum atomic E-state index is 14.5. The van der Waals surface area contributed by atoms with E-state index in [9.17, 15) is 9.18 Å². The smallest absolute Gasteiger partial charge is 0.258 e. The van der Waals surface area contributed by atoms with Gasteiger partial charge in [0.25, 0.3) is 5.56 Å². The lowest BCUT2D eigenvalue weighted by Gasteiger charge is -2.38. The highest BCUT2D eigenvalue weighted by Gasteiger charge is 2.30. The second kappa shape index (κ2) is 6.88. The highest BCUT2D eigenvalue weighted by molar-refractivity contribution is 5.64. The second-order valence-electron chi connectivity index (χ2n) is 8.56. The fourth-order valence-corrected chi connectivity index (χ4v) is 4.97. The van der Waals surface area contributed by atoms with Crippen LogP contribution in [0.4, 0.5) is 10.1 Å². The van der Waals surface area contributed by atoms with Crippen molar-refractivity contribution in [2.24, 2.45) is 0 Å². The number of nitrogens with zero attached hydrogens (tertiary/aromatic N) is 6. The van der Waals surface area contributed by atoms with Crippen molar-refractivity contribution in [3.63, 3.8) is 0 Å². The number of aryl methyl sites for hydroxylation is 1. The summed E-state index contributed by atoms with van der Waals surface area (Å²) in [5, 5.41) is 0. The molecule has 4 aromatic rings. The standard InChI is InChI=1S/C23H23FN6O/c1-15-11-29-12-16(9-19(24)23(29)25-15)20-10-22(31)30-14-18(4-5-21(30)26-20)28-8-7-27-6-2-3-17(27)13-28/h4-5,9-12,14,17H,2-3,6-8,13H2,1H3. The maximum Gasteiger partial charge on any atom is 0.258 e. The second-order valence-corrected chi connectivity index (χ2v) is 8.56. The SMILES string of the molecule is Cc1cn2cc(-c3cc(=O)n4cc(N5CCN6CCCC6C5)ccc4n3)cc(F)c2n1. The van der Waals surface area contributed by atoms with E-state index >= 15 is 0 Å². The van der Waals surface area contributed by atoms with E-state index in [1.54, 1.807) is 21.2 Å². The molecule has 2 saturated heterocycles. The van der Waals surface area contributed by atoms with Gasteiger partial charge in [0, 0.05) is 55.9 Å². The molecule has 1 atom stereocenters. The highest BCUT2D eigenvalue weighted by atomic mass is 19.1. The number of pyridine rings is 2. The predicted molar refractivity (Wildman–Crippen MR) is 117 cm³/mol. The zero-order chi connectivity index (χ0) is 21.1. The van der Waals surface area contributed by atoms with Crippen molar-refractivity contribution in [2.75, 3.05) is 31.1 Å². The van der Waals surface area contributed by atoms with Gasteiger partial charge in [0.2, 0.25) is 0 Å². The van der Waals surface area contributed by atoms with Crippen LogP contribution < -0.4 is 10.5 Å². The number of halogens is 1. The summed E-state index contributed by atoms with van der Waals surface area (Å²) >= 11 is 0. The van der Waals surface area contributed by atoms with Gasteiger partial charge in [-0.05, 0) is 44.5 Å². The molecule has 0 saturated carbocycles. The summed E-state index contributed by atoms with van der Waals surface area (Å²) in [5.41, 5.74) is 3.40. The molecule has 4 aromatic heterocycles. The van der Waals surface area contributed by atoms with Crippen LogP contribution in [0, 0.1) is 12.7 Å². The van der Waals surface area contributed by atoms with E-state index in [1.165, 1.54) is 31.5 Å². The first-order valence-electron chi connectivity index (χ1n) is 10.7. The largest absolute Gasteiger partial charge is 0.367 e. The molecule has 0 amide bonds. The Bertz CT molecular complexity index is 1380. The van der Waals surface area contributed by atoms with Crippen molar-refractivity contribution >= 4 is 17.0 Å². The summed E-state index contributed by atoms with van der Waals surface area (Å²) in [6.45, 7) is 6.04. The number of anilines is 1. The van der Waals surface area contributed by atoms with Crippen LogP contribution in [0.1, 0.15) is 18.5 Å². The van der Waals surface area contributed by atoms with Crippen LogP contribution in [0.25, 0.3) is 22.6 Å². The Hall–Kier alpha value is -3.26. The van der Waals surface area contributed by atoms with Crippen LogP contribution in [0.5, 0.6) is 0 Å². The topological polar surface area (TPSA) is 58.2 Å². The lowest BCUT2D eigenvalue weighted by molar-refractivity contribution is 0.231. The van der Waals surface area contributed by atoms with Crippen molar-refractivity contribution in [3.8, 4) is 11.3 Å². The fourth-order valence-electron chi connectivity index (χ4n) is 4.97. The van der Waals surface area contributed by atoms with Crippen molar-refractivity contribution in [1.29, 1.82) is 0 Å². The lowest BCUT2D eigenvalue weighted by Crippen LogP contribution is -2.50. The van der Waals surface area contributed by atoms with Gasteiger partial charge in [-0.25, -0.2) is 14.4 Å². The van der Waals surface area contributed by atoms with Gasteiger partial charge in [-0.1, -0.05) is 0 Å². The van der Waals surface area contributed by atoms with Gasteiger partial charge in [0.05, 0.1) is 17.1 Å². The fraction of sp³-hybridized carbons (Fsp3) is 0.348. The average Bonchev–Trinajstić information content (AvgIpc) is 3.38. The summed E-state index contributed by atoms with van der Waals surface area (Å²) in [5.74, 6) is -0.436. The quantitative estimate of drug-likeness (QED) is 0.501. The van der Waals surface area contributed by atoms with E-state index in [2.05, 4.69) is 19.8 Å². The number of hydrogen-bond donors (Lipinski definition) is 0. The normalized spacial score (nSPS) is 19.4. The summed E-state index contributed by atoms with van der Waals surface area (Å²) in [4.78, 5) is 26.7. The molecule has 0 aromatic carbocycles. The molecule has 6 heterocycles. The molecule has 0 spiro atoms. The number of fused-ring (bicyclic) bond motifs is 3. The highest BCUT2D eigenvalue weighted by Crippen LogP contribution is 2.26. The number of imidazole rings is 1. The van der Waals surface area contributed by atoms with E-state index < -0.39 is 5.82 Å². The zero-order valence-corrected chi connectivity index (χ0v) is 17.3. The summed E-state index contributed by atoms with van der Waals surface area (Å²) in [6, 6.07) is 7.36. The van der Waals surface area contributed by atoms with E-state index in [-0.39, 0.29) is 11.2 Å². The predicted octanol–water partition coefficient (Wildman–Crippen LogP) is 2.74. The molecular formula is C23H23FN6O. The third-order valence-corrected chi connectivity index (χ3v) is 6.52. The molecule has 0 N–H and O–H groups in total. The first kappa shape index (κ1) is 18.5. The van der Waals surface area contributed by atoms with Gasteiger partial charge in [-0.15, -0.1) is 0 Å². The van der Waals surface area contributed by atoms with Crippen LogP contribution in [0.3, 0.4) is 0 Å². The number of piperazine rings is 1. The van der Waals surface area contributed by atoms with Crippen LogP contribution in [-0.2, 0) is 0 Å². The number of aromatic nitrogens is 4. The third-order valence-electron chi connectivity index (χ3n) is 6.52. The van der Waals surface area contributed by atoms with E-state index in [4.69, 9.17) is 0 Å². The maximum absolute atomic E-state index is 14.5. The molecule has 7 nitrogen and oxygen atoms in total. The van der Waals surface area contributed by atoms with Gasteiger partial charge in [0.15, 0.2) is 11.5 Å². The first-order valence-corrected chi connectivity index (χ1v) is 10.7. The Morgan fingerprint density at radius 2 is 1.97 bits per heavy atom. The van der Waals surface area contributed by atoms with Gasteiger partial charge in [0.1, 0.15) is 5.65 Å². The molecule has 31 heavy (non-hydrogen) atoms. The molecule has 2 aliphatic rings.